The zero-order valence-electron chi connectivity index (χ0n) is 15.3. The fourth-order valence-corrected chi connectivity index (χ4v) is 3.34. The first-order chi connectivity index (χ1) is 13.9. The van der Waals surface area contributed by atoms with Crippen molar-refractivity contribution in [1.82, 2.24) is 9.88 Å². The van der Waals surface area contributed by atoms with Crippen LogP contribution in [0.25, 0.3) is 0 Å². The largest absolute Gasteiger partial charge is 0.480 e. The Morgan fingerprint density at radius 2 is 1.69 bits per heavy atom. The van der Waals surface area contributed by atoms with E-state index in [1.54, 1.807) is 11.1 Å². The molecule has 0 spiro atoms. The van der Waals surface area contributed by atoms with E-state index < -0.39 is 12.6 Å². The zero-order valence-corrected chi connectivity index (χ0v) is 17.6. The van der Waals surface area contributed by atoms with Crippen LogP contribution in [0.15, 0.2) is 36.5 Å². The number of hydrogen-bond donors (Lipinski definition) is 0. The Morgan fingerprint density at radius 1 is 0.966 bits per heavy atom. The summed E-state index contributed by atoms with van der Waals surface area (Å²) in [5, 5.41) is 0.744. The van der Waals surface area contributed by atoms with Gasteiger partial charge in [0.05, 0.1) is 15.1 Å². The van der Waals surface area contributed by atoms with Gasteiger partial charge in [0.25, 0.3) is 5.91 Å². The number of carbonyl (C=O) groups is 2. The summed E-state index contributed by atoms with van der Waals surface area (Å²) in [5.41, 5.74) is 0. The van der Waals surface area contributed by atoms with Crippen LogP contribution in [0.2, 0.25) is 15.1 Å². The molecule has 0 aliphatic carbocycles. The molecule has 2 heterocycles. The van der Waals surface area contributed by atoms with Gasteiger partial charge in [-0.15, -0.1) is 0 Å². The van der Waals surface area contributed by atoms with Crippen molar-refractivity contribution in [3.63, 3.8) is 0 Å². The number of amides is 1. The molecule has 1 aliphatic rings. The van der Waals surface area contributed by atoms with Crippen molar-refractivity contribution >= 4 is 52.5 Å². The van der Waals surface area contributed by atoms with Crippen molar-refractivity contribution in [1.29, 1.82) is 0 Å². The molecule has 1 amide bonds. The van der Waals surface area contributed by atoms with Gasteiger partial charge >= 0.3 is 5.97 Å². The van der Waals surface area contributed by atoms with Crippen LogP contribution in [-0.4, -0.2) is 61.2 Å². The molecule has 1 aromatic carbocycles. The monoisotopic (exact) mass is 457 g/mol. The third kappa shape index (κ3) is 5.88. The standard InChI is InChI=1S/C19H18Cl3N3O4/c20-13-9-15(22)16(10-14(13)21)28-12-19(27)29-11-18(26)25-7-5-24(6-8-25)17-3-1-2-4-23-17/h1-4,9-10H,5-8,11-12H2. The lowest BCUT2D eigenvalue weighted by atomic mass is 10.3. The Labute approximate surface area is 183 Å². The molecule has 1 aromatic heterocycles. The molecule has 0 bridgehead atoms. The second kappa shape index (κ2) is 10.0. The number of carbonyl (C=O) groups excluding carboxylic acids is 2. The number of aromatic nitrogens is 1. The molecule has 2 aromatic rings. The quantitative estimate of drug-likeness (QED) is 0.488. The third-order valence-corrected chi connectivity index (χ3v) is 5.30. The van der Waals surface area contributed by atoms with Crippen molar-refractivity contribution in [2.24, 2.45) is 0 Å². The molecule has 1 fully saturated rings. The lowest BCUT2D eigenvalue weighted by molar-refractivity contribution is -0.153. The van der Waals surface area contributed by atoms with Crippen LogP contribution >= 0.6 is 34.8 Å². The number of halogens is 3. The molecule has 0 unspecified atom stereocenters. The molecular weight excluding hydrogens is 441 g/mol. The molecule has 29 heavy (non-hydrogen) atoms. The minimum absolute atomic E-state index is 0.204. The molecule has 0 N–H and O–H groups in total. The summed E-state index contributed by atoms with van der Waals surface area (Å²) < 4.78 is 10.3. The number of hydrogen-bond acceptors (Lipinski definition) is 6. The number of esters is 1. The van der Waals surface area contributed by atoms with Gasteiger partial charge in [-0.1, -0.05) is 40.9 Å². The van der Waals surface area contributed by atoms with Crippen LogP contribution in [0.1, 0.15) is 0 Å². The van der Waals surface area contributed by atoms with Crippen LogP contribution in [0.5, 0.6) is 5.75 Å². The number of nitrogens with zero attached hydrogens (tertiary/aromatic N) is 3. The first kappa shape index (κ1) is 21.5. The van der Waals surface area contributed by atoms with Crippen LogP contribution in [0.4, 0.5) is 5.82 Å². The van der Waals surface area contributed by atoms with Gasteiger partial charge in [-0.05, 0) is 18.2 Å². The van der Waals surface area contributed by atoms with Gasteiger partial charge < -0.3 is 19.3 Å². The van der Waals surface area contributed by atoms with Crippen molar-refractivity contribution in [3.8, 4) is 5.75 Å². The van der Waals surface area contributed by atoms with Gasteiger partial charge in [0.1, 0.15) is 11.6 Å². The predicted octanol–water partition coefficient (Wildman–Crippen LogP) is 3.31. The molecule has 0 radical (unpaired) electrons. The maximum absolute atomic E-state index is 12.3. The van der Waals surface area contributed by atoms with Crippen LogP contribution in [-0.2, 0) is 14.3 Å². The summed E-state index contributed by atoms with van der Waals surface area (Å²) in [5.74, 6) is 0.137. The summed E-state index contributed by atoms with van der Waals surface area (Å²) in [7, 11) is 0. The predicted molar refractivity (Wildman–Crippen MR) is 111 cm³/mol. The lowest BCUT2D eigenvalue weighted by Crippen LogP contribution is -2.50. The topological polar surface area (TPSA) is 72.0 Å². The molecule has 7 nitrogen and oxygen atoms in total. The number of benzene rings is 1. The molecule has 154 valence electrons. The van der Waals surface area contributed by atoms with Gasteiger partial charge in [0, 0.05) is 38.4 Å². The van der Waals surface area contributed by atoms with Crippen LogP contribution in [0, 0.1) is 0 Å². The van der Waals surface area contributed by atoms with E-state index in [1.807, 2.05) is 18.2 Å². The molecule has 1 aliphatic heterocycles. The first-order valence-electron chi connectivity index (χ1n) is 8.81. The minimum Gasteiger partial charge on any atom is -0.480 e. The highest BCUT2D eigenvalue weighted by Gasteiger charge is 2.22. The molecule has 10 heteroatoms. The highest BCUT2D eigenvalue weighted by molar-refractivity contribution is 6.43. The van der Waals surface area contributed by atoms with Crippen molar-refractivity contribution < 1.29 is 19.1 Å². The Bertz CT molecular complexity index is 875. The second-order valence-corrected chi connectivity index (χ2v) is 7.42. The average Bonchev–Trinajstić information content (AvgIpc) is 2.74. The van der Waals surface area contributed by atoms with Gasteiger partial charge in [0.2, 0.25) is 0 Å². The van der Waals surface area contributed by atoms with E-state index in [9.17, 15) is 9.59 Å². The van der Waals surface area contributed by atoms with E-state index >= 15 is 0 Å². The number of rotatable bonds is 6. The molecule has 0 atom stereocenters. The average molecular weight is 459 g/mol. The molecular formula is C19H18Cl3N3O4. The van der Waals surface area contributed by atoms with Gasteiger partial charge in [-0.3, -0.25) is 4.79 Å². The number of anilines is 1. The Hall–Kier alpha value is -2.22. The summed E-state index contributed by atoms with van der Waals surface area (Å²) in [6, 6.07) is 8.54. The van der Waals surface area contributed by atoms with Gasteiger partial charge in [-0.2, -0.15) is 0 Å². The van der Waals surface area contributed by atoms with E-state index in [-0.39, 0.29) is 33.3 Å². The SMILES string of the molecule is O=C(COc1cc(Cl)c(Cl)cc1Cl)OCC(=O)N1CCN(c2ccccn2)CC1. The normalized spacial score (nSPS) is 13.9. The fraction of sp³-hybridized carbons (Fsp3) is 0.316. The van der Waals surface area contributed by atoms with Crippen molar-refractivity contribution in [3.05, 3.63) is 51.6 Å². The Kier molecular flexibility index (Phi) is 7.41. The Balaban J connectivity index is 1.40. The molecule has 0 saturated carbocycles. The maximum atomic E-state index is 12.3. The van der Waals surface area contributed by atoms with Crippen molar-refractivity contribution in [2.75, 3.05) is 44.3 Å². The Morgan fingerprint density at radius 3 is 2.38 bits per heavy atom. The second-order valence-electron chi connectivity index (χ2n) is 6.20. The first-order valence-corrected chi connectivity index (χ1v) is 9.94. The minimum atomic E-state index is -0.687. The fourth-order valence-electron chi connectivity index (χ4n) is 2.75. The summed E-state index contributed by atoms with van der Waals surface area (Å²) in [6.45, 7) is 1.63. The zero-order chi connectivity index (χ0) is 20.8. The third-order valence-electron chi connectivity index (χ3n) is 4.28. The number of piperazine rings is 1. The van der Waals surface area contributed by atoms with Gasteiger partial charge in [0.15, 0.2) is 13.2 Å². The summed E-state index contributed by atoms with van der Waals surface area (Å²) in [6.07, 6.45) is 1.74. The van der Waals surface area contributed by atoms with E-state index in [4.69, 9.17) is 44.3 Å². The van der Waals surface area contributed by atoms with E-state index in [0.29, 0.717) is 26.2 Å². The molecule has 1 saturated heterocycles. The maximum Gasteiger partial charge on any atom is 0.344 e. The smallest absolute Gasteiger partial charge is 0.344 e. The van der Waals surface area contributed by atoms with Crippen LogP contribution in [0.3, 0.4) is 0 Å². The van der Waals surface area contributed by atoms with Gasteiger partial charge in [-0.25, -0.2) is 9.78 Å². The van der Waals surface area contributed by atoms with Crippen molar-refractivity contribution in [2.45, 2.75) is 0 Å². The van der Waals surface area contributed by atoms with E-state index in [0.717, 1.165) is 5.82 Å². The summed E-state index contributed by atoms with van der Waals surface area (Å²) >= 11 is 17.7. The molecule has 3 rings (SSSR count). The number of pyridine rings is 1. The van der Waals surface area contributed by atoms with E-state index in [1.165, 1.54) is 12.1 Å². The highest BCUT2D eigenvalue weighted by Crippen LogP contribution is 2.33. The lowest BCUT2D eigenvalue weighted by Gasteiger charge is -2.35. The van der Waals surface area contributed by atoms with E-state index in [2.05, 4.69) is 9.88 Å². The highest BCUT2D eigenvalue weighted by atomic mass is 35.5. The van der Waals surface area contributed by atoms with Crippen LogP contribution < -0.4 is 9.64 Å². The number of ether oxygens (including phenoxy) is 2. The summed E-state index contributed by atoms with van der Waals surface area (Å²) in [4.78, 5) is 32.2.